The number of hydrogen-bond acceptors (Lipinski definition) is 4. The van der Waals surface area contributed by atoms with Crippen LogP contribution in [0.2, 0.25) is 0 Å². The van der Waals surface area contributed by atoms with Gasteiger partial charge in [-0.2, -0.15) is 4.98 Å². The number of rotatable bonds is 7. The summed E-state index contributed by atoms with van der Waals surface area (Å²) in [6.07, 6.45) is 5.04. The molecular weight excluding hydrogens is 257 g/mol. The molecular formula is C15H20FN3O. The van der Waals surface area contributed by atoms with Crippen molar-refractivity contribution < 1.29 is 8.91 Å². The minimum absolute atomic E-state index is 0.284. The zero-order chi connectivity index (χ0) is 14.4. The lowest BCUT2D eigenvalue weighted by molar-refractivity contribution is 0.374. The predicted octanol–water partition coefficient (Wildman–Crippen LogP) is 3.25. The molecule has 0 spiro atoms. The van der Waals surface area contributed by atoms with Crippen LogP contribution in [0.25, 0.3) is 11.4 Å². The molecule has 0 fully saturated rings. The van der Waals surface area contributed by atoms with Gasteiger partial charge in [0.05, 0.1) is 0 Å². The third-order valence-electron chi connectivity index (χ3n) is 3.11. The number of hydrogen-bond donors (Lipinski definition) is 1. The summed E-state index contributed by atoms with van der Waals surface area (Å²) in [5.74, 6) is 0.771. The maximum absolute atomic E-state index is 13.3. The summed E-state index contributed by atoms with van der Waals surface area (Å²) in [5.41, 5.74) is 6.94. The molecule has 0 atom stereocenters. The van der Waals surface area contributed by atoms with E-state index >= 15 is 0 Å². The molecule has 108 valence electrons. The maximum atomic E-state index is 13.3. The minimum Gasteiger partial charge on any atom is -0.339 e. The highest BCUT2D eigenvalue weighted by atomic mass is 19.1. The second kappa shape index (κ2) is 7.14. The zero-order valence-corrected chi connectivity index (χ0v) is 11.7. The molecule has 0 aliphatic carbocycles. The van der Waals surface area contributed by atoms with Crippen LogP contribution < -0.4 is 5.73 Å². The number of nitrogens with two attached hydrogens (primary N) is 1. The Morgan fingerprint density at radius 1 is 1.15 bits per heavy atom. The van der Waals surface area contributed by atoms with Crippen LogP contribution >= 0.6 is 0 Å². The minimum atomic E-state index is -0.284. The number of halogens is 1. The summed E-state index contributed by atoms with van der Waals surface area (Å²) in [7, 11) is 0. The first-order valence-corrected chi connectivity index (χ1v) is 6.99. The molecule has 0 unspecified atom stereocenters. The Morgan fingerprint density at radius 3 is 2.70 bits per heavy atom. The van der Waals surface area contributed by atoms with E-state index in [2.05, 4.69) is 10.1 Å². The van der Waals surface area contributed by atoms with Crippen LogP contribution in [0, 0.1) is 12.7 Å². The fraction of sp³-hybridized carbons (Fsp3) is 0.467. The van der Waals surface area contributed by atoms with Crippen molar-refractivity contribution in [1.29, 1.82) is 0 Å². The van der Waals surface area contributed by atoms with E-state index in [1.165, 1.54) is 12.1 Å². The Hall–Kier alpha value is -1.75. The van der Waals surface area contributed by atoms with Gasteiger partial charge < -0.3 is 10.3 Å². The van der Waals surface area contributed by atoms with Crippen LogP contribution in [-0.2, 0) is 6.42 Å². The second-order valence-corrected chi connectivity index (χ2v) is 4.98. The molecule has 0 amide bonds. The maximum Gasteiger partial charge on any atom is 0.226 e. The first-order chi connectivity index (χ1) is 9.69. The van der Waals surface area contributed by atoms with Crippen LogP contribution in [0.3, 0.4) is 0 Å². The van der Waals surface area contributed by atoms with Gasteiger partial charge >= 0.3 is 0 Å². The highest BCUT2D eigenvalue weighted by Gasteiger charge is 2.09. The molecule has 0 saturated heterocycles. The molecule has 0 saturated carbocycles. The molecule has 4 nitrogen and oxygen atoms in total. The molecule has 1 aromatic heterocycles. The van der Waals surface area contributed by atoms with E-state index in [4.69, 9.17) is 10.3 Å². The van der Waals surface area contributed by atoms with Gasteiger partial charge in [-0.05, 0) is 50.1 Å². The van der Waals surface area contributed by atoms with Crippen LogP contribution in [0.15, 0.2) is 22.7 Å². The van der Waals surface area contributed by atoms with Crippen LogP contribution in [0.1, 0.15) is 37.1 Å². The normalized spacial score (nSPS) is 10.9. The van der Waals surface area contributed by atoms with Gasteiger partial charge in [0.15, 0.2) is 0 Å². The summed E-state index contributed by atoms with van der Waals surface area (Å²) >= 11 is 0. The summed E-state index contributed by atoms with van der Waals surface area (Å²) < 4.78 is 18.5. The molecule has 0 aliphatic heterocycles. The van der Waals surface area contributed by atoms with Gasteiger partial charge in [0.2, 0.25) is 11.7 Å². The molecule has 2 rings (SSSR count). The third kappa shape index (κ3) is 4.13. The molecule has 20 heavy (non-hydrogen) atoms. The van der Waals surface area contributed by atoms with Crippen molar-refractivity contribution >= 4 is 0 Å². The second-order valence-electron chi connectivity index (χ2n) is 4.98. The van der Waals surface area contributed by atoms with Crippen molar-refractivity contribution in [3.05, 3.63) is 35.5 Å². The van der Waals surface area contributed by atoms with E-state index in [0.717, 1.165) is 44.2 Å². The highest BCUT2D eigenvalue weighted by molar-refractivity contribution is 5.55. The molecule has 2 aromatic rings. The van der Waals surface area contributed by atoms with Crippen molar-refractivity contribution in [3.8, 4) is 11.4 Å². The fourth-order valence-electron chi connectivity index (χ4n) is 2.11. The lowest BCUT2D eigenvalue weighted by Crippen LogP contribution is -1.97. The van der Waals surface area contributed by atoms with Crippen molar-refractivity contribution in [3.63, 3.8) is 0 Å². The van der Waals surface area contributed by atoms with Crippen molar-refractivity contribution in [2.24, 2.45) is 5.73 Å². The molecule has 0 radical (unpaired) electrons. The average molecular weight is 277 g/mol. The van der Waals surface area contributed by atoms with Crippen molar-refractivity contribution in [2.45, 2.75) is 39.0 Å². The van der Waals surface area contributed by atoms with Crippen molar-refractivity contribution in [1.82, 2.24) is 10.1 Å². The quantitative estimate of drug-likeness (QED) is 0.789. The lowest BCUT2D eigenvalue weighted by Gasteiger charge is -1.98. The van der Waals surface area contributed by atoms with Gasteiger partial charge in [0, 0.05) is 12.0 Å². The van der Waals surface area contributed by atoms with Crippen LogP contribution in [0.4, 0.5) is 4.39 Å². The third-order valence-corrected chi connectivity index (χ3v) is 3.11. The van der Waals surface area contributed by atoms with Gasteiger partial charge in [-0.15, -0.1) is 0 Å². The topological polar surface area (TPSA) is 64.9 Å². The number of benzene rings is 1. The summed E-state index contributed by atoms with van der Waals surface area (Å²) in [6.45, 7) is 2.58. The Labute approximate surface area is 118 Å². The van der Waals surface area contributed by atoms with E-state index in [1.54, 1.807) is 0 Å². The smallest absolute Gasteiger partial charge is 0.226 e. The zero-order valence-electron chi connectivity index (χ0n) is 11.7. The van der Waals surface area contributed by atoms with Gasteiger partial charge in [-0.25, -0.2) is 4.39 Å². The Bertz CT molecular complexity index is 534. The van der Waals surface area contributed by atoms with Gasteiger partial charge in [-0.3, -0.25) is 0 Å². The first kappa shape index (κ1) is 14.7. The number of nitrogens with zero attached hydrogens (tertiary/aromatic N) is 2. The molecule has 1 aromatic carbocycles. The van der Waals surface area contributed by atoms with E-state index in [9.17, 15) is 4.39 Å². The molecule has 1 heterocycles. The van der Waals surface area contributed by atoms with Gasteiger partial charge in [0.1, 0.15) is 5.82 Å². The Balaban J connectivity index is 1.94. The molecule has 0 bridgehead atoms. The van der Waals surface area contributed by atoms with Crippen LogP contribution in [0.5, 0.6) is 0 Å². The number of unbranched alkanes of at least 4 members (excludes halogenated alkanes) is 3. The van der Waals surface area contributed by atoms with E-state index < -0.39 is 0 Å². The predicted molar refractivity (Wildman–Crippen MR) is 75.7 cm³/mol. The number of aryl methyl sites for hydroxylation is 2. The van der Waals surface area contributed by atoms with E-state index in [0.29, 0.717) is 17.3 Å². The molecule has 0 aliphatic rings. The Kier molecular flexibility index (Phi) is 5.24. The Morgan fingerprint density at radius 2 is 1.95 bits per heavy atom. The highest BCUT2D eigenvalue weighted by Crippen LogP contribution is 2.19. The summed E-state index contributed by atoms with van der Waals surface area (Å²) in [5, 5.41) is 3.91. The first-order valence-electron chi connectivity index (χ1n) is 6.99. The number of aromatic nitrogens is 2. The van der Waals surface area contributed by atoms with Crippen LogP contribution in [-0.4, -0.2) is 16.7 Å². The van der Waals surface area contributed by atoms with Crippen molar-refractivity contribution in [2.75, 3.05) is 6.54 Å². The SMILES string of the molecule is Cc1cc(F)cc(-c2noc(CCCCCCN)n2)c1. The average Bonchev–Trinajstić information content (AvgIpc) is 2.86. The van der Waals surface area contributed by atoms with Gasteiger partial charge in [-0.1, -0.05) is 18.0 Å². The lowest BCUT2D eigenvalue weighted by atomic mass is 10.1. The van der Waals surface area contributed by atoms with E-state index in [1.807, 2.05) is 13.0 Å². The fourth-order valence-corrected chi connectivity index (χ4v) is 2.11. The standard InChI is InChI=1S/C15H20FN3O/c1-11-8-12(10-13(16)9-11)15-18-14(20-19-15)6-4-2-3-5-7-17/h8-10H,2-7,17H2,1H3. The summed E-state index contributed by atoms with van der Waals surface area (Å²) in [4.78, 5) is 4.31. The van der Waals surface area contributed by atoms with Gasteiger partial charge in [0.25, 0.3) is 0 Å². The molecule has 2 N–H and O–H groups in total. The monoisotopic (exact) mass is 277 g/mol. The summed E-state index contributed by atoms with van der Waals surface area (Å²) in [6, 6.07) is 4.74. The van der Waals surface area contributed by atoms with E-state index in [-0.39, 0.29) is 5.82 Å². The molecule has 5 heteroatoms. The largest absolute Gasteiger partial charge is 0.339 e.